The molecule has 1 atom stereocenters. The van der Waals surface area contributed by atoms with E-state index < -0.39 is 11.2 Å². The molecule has 0 aliphatic rings. The molecular weight excluding hydrogens is 212 g/mol. The minimum absolute atomic E-state index is 0.0921. The molecule has 4 nitrogen and oxygen atoms in total. The Balaban J connectivity index is 2.78. The van der Waals surface area contributed by atoms with E-state index in [-0.39, 0.29) is 5.92 Å². The van der Waals surface area contributed by atoms with Gasteiger partial charge in [0.2, 0.25) is 0 Å². The van der Waals surface area contributed by atoms with Crippen molar-refractivity contribution in [2.75, 3.05) is 0 Å². The average molecular weight is 228 g/mol. The maximum atomic E-state index is 11.0. The summed E-state index contributed by atoms with van der Waals surface area (Å²) < 4.78 is 1.95. The lowest BCUT2D eigenvalue weighted by molar-refractivity contribution is -0.137. The molecule has 1 unspecified atom stereocenters. The van der Waals surface area contributed by atoms with Crippen LogP contribution in [0, 0.1) is 5.92 Å². The van der Waals surface area contributed by atoms with E-state index >= 15 is 0 Å². The Hall–Kier alpha value is -0.970. The fourth-order valence-corrected chi connectivity index (χ4v) is 2.29. The predicted molar refractivity (Wildman–Crippen MR) is 60.0 cm³/mol. The van der Waals surface area contributed by atoms with E-state index in [2.05, 4.69) is 4.98 Å². The summed E-state index contributed by atoms with van der Waals surface area (Å²) in [5, 5.41) is 9.39. The maximum Gasteiger partial charge on any atom is 0.317 e. The van der Waals surface area contributed by atoms with Crippen LogP contribution in [-0.4, -0.2) is 25.9 Å². The van der Waals surface area contributed by atoms with Gasteiger partial charge in [-0.3, -0.25) is 4.79 Å². The molecule has 1 heterocycles. The summed E-state index contributed by atoms with van der Waals surface area (Å²) in [6.45, 7) is 6.64. The van der Waals surface area contributed by atoms with E-state index in [1.807, 2.05) is 31.5 Å². The molecule has 0 saturated heterocycles. The van der Waals surface area contributed by atoms with E-state index in [1.54, 1.807) is 6.20 Å². The number of nitrogens with zero attached hydrogens (tertiary/aromatic N) is 2. The van der Waals surface area contributed by atoms with Crippen LogP contribution in [-0.2, 0) is 11.3 Å². The first kappa shape index (κ1) is 12.1. The van der Waals surface area contributed by atoms with Gasteiger partial charge < -0.3 is 9.67 Å². The molecule has 1 aromatic heterocycles. The number of aliphatic carboxylic acids is 1. The quantitative estimate of drug-likeness (QED) is 0.784. The topological polar surface area (TPSA) is 55.1 Å². The zero-order valence-corrected chi connectivity index (χ0v) is 9.99. The van der Waals surface area contributed by atoms with Crippen molar-refractivity contribution in [2.45, 2.75) is 37.7 Å². The molecule has 0 bridgehead atoms. The summed E-state index contributed by atoms with van der Waals surface area (Å²) in [6, 6.07) is 0. The lowest BCUT2D eigenvalue weighted by Gasteiger charge is -2.15. The molecule has 0 fully saturated rings. The van der Waals surface area contributed by atoms with Gasteiger partial charge in [0.05, 0.1) is 0 Å². The molecular formula is C10H16N2O2S. The Morgan fingerprint density at radius 3 is 2.80 bits per heavy atom. The highest BCUT2D eigenvalue weighted by atomic mass is 32.2. The molecule has 1 N–H and O–H groups in total. The number of aromatic nitrogens is 2. The van der Waals surface area contributed by atoms with E-state index in [9.17, 15) is 4.79 Å². The Kier molecular flexibility index (Phi) is 4.20. The van der Waals surface area contributed by atoms with Crippen molar-refractivity contribution in [1.29, 1.82) is 0 Å². The maximum absolute atomic E-state index is 11.0. The zero-order valence-electron chi connectivity index (χ0n) is 9.17. The highest BCUT2D eigenvalue weighted by Gasteiger charge is 2.24. The smallest absolute Gasteiger partial charge is 0.317 e. The van der Waals surface area contributed by atoms with Crippen molar-refractivity contribution in [2.24, 2.45) is 5.92 Å². The SMILES string of the molecule is CCn1ccnc1SC(C(=O)O)C(C)C. The first-order valence-electron chi connectivity index (χ1n) is 4.96. The van der Waals surface area contributed by atoms with Crippen LogP contribution in [0.1, 0.15) is 20.8 Å². The fraction of sp³-hybridized carbons (Fsp3) is 0.600. The van der Waals surface area contributed by atoms with Gasteiger partial charge in [-0.2, -0.15) is 0 Å². The Labute approximate surface area is 93.7 Å². The van der Waals surface area contributed by atoms with E-state index in [0.717, 1.165) is 11.7 Å². The molecule has 1 rings (SSSR count). The van der Waals surface area contributed by atoms with E-state index in [4.69, 9.17) is 5.11 Å². The lowest BCUT2D eigenvalue weighted by Crippen LogP contribution is -2.23. The molecule has 0 spiro atoms. The van der Waals surface area contributed by atoms with Gasteiger partial charge in [-0.05, 0) is 12.8 Å². The monoisotopic (exact) mass is 228 g/mol. The summed E-state index contributed by atoms with van der Waals surface area (Å²) in [5.41, 5.74) is 0. The van der Waals surface area contributed by atoms with Crippen molar-refractivity contribution < 1.29 is 9.90 Å². The van der Waals surface area contributed by atoms with Crippen LogP contribution < -0.4 is 0 Å². The Morgan fingerprint density at radius 1 is 1.67 bits per heavy atom. The number of hydrogen-bond acceptors (Lipinski definition) is 3. The predicted octanol–water partition coefficient (Wildman–Crippen LogP) is 2.10. The Morgan fingerprint density at radius 2 is 2.33 bits per heavy atom. The standard InChI is InChI=1S/C10H16N2O2S/c1-4-12-6-5-11-10(12)15-8(7(2)3)9(13)14/h5-8H,4H2,1-3H3,(H,13,14). The molecule has 84 valence electrons. The number of thioether (sulfide) groups is 1. The average Bonchev–Trinajstić information content (AvgIpc) is 2.59. The molecule has 0 aromatic carbocycles. The second kappa shape index (κ2) is 5.21. The summed E-state index contributed by atoms with van der Waals surface area (Å²) >= 11 is 1.32. The van der Waals surface area contributed by atoms with Crippen molar-refractivity contribution in [1.82, 2.24) is 9.55 Å². The van der Waals surface area contributed by atoms with Crippen LogP contribution >= 0.6 is 11.8 Å². The van der Waals surface area contributed by atoms with E-state index in [0.29, 0.717) is 0 Å². The minimum atomic E-state index is -0.777. The number of carbonyl (C=O) groups is 1. The van der Waals surface area contributed by atoms with Crippen LogP contribution in [0.4, 0.5) is 0 Å². The molecule has 0 aliphatic heterocycles. The first-order valence-corrected chi connectivity index (χ1v) is 5.84. The number of rotatable bonds is 5. The van der Waals surface area contributed by atoms with Crippen LogP contribution in [0.3, 0.4) is 0 Å². The molecule has 0 amide bonds. The first-order chi connectivity index (χ1) is 7.06. The summed E-state index contributed by atoms with van der Waals surface area (Å²) in [5.74, 6) is -0.685. The zero-order chi connectivity index (χ0) is 11.4. The number of imidazole rings is 1. The summed E-state index contributed by atoms with van der Waals surface area (Å²) in [6.07, 6.45) is 3.56. The van der Waals surface area contributed by atoms with Crippen LogP contribution in [0.5, 0.6) is 0 Å². The Bertz CT molecular complexity index is 336. The highest BCUT2D eigenvalue weighted by Crippen LogP contribution is 2.26. The second-order valence-electron chi connectivity index (χ2n) is 3.62. The highest BCUT2D eigenvalue weighted by molar-refractivity contribution is 8.00. The normalized spacial score (nSPS) is 13.1. The number of hydrogen-bond donors (Lipinski definition) is 1. The fourth-order valence-electron chi connectivity index (χ4n) is 1.24. The third-order valence-corrected chi connectivity index (χ3v) is 3.65. The molecule has 0 saturated carbocycles. The van der Waals surface area contributed by atoms with Crippen molar-refractivity contribution in [3.63, 3.8) is 0 Å². The van der Waals surface area contributed by atoms with E-state index in [1.165, 1.54) is 11.8 Å². The van der Waals surface area contributed by atoms with Crippen molar-refractivity contribution in [3.05, 3.63) is 12.4 Å². The van der Waals surface area contributed by atoms with Gasteiger partial charge in [-0.1, -0.05) is 25.6 Å². The minimum Gasteiger partial charge on any atom is -0.480 e. The lowest BCUT2D eigenvalue weighted by atomic mass is 10.1. The van der Waals surface area contributed by atoms with Crippen molar-refractivity contribution >= 4 is 17.7 Å². The van der Waals surface area contributed by atoms with Gasteiger partial charge in [0.15, 0.2) is 5.16 Å². The summed E-state index contributed by atoms with van der Waals surface area (Å²) in [4.78, 5) is 15.2. The van der Waals surface area contributed by atoms with Crippen LogP contribution in [0.25, 0.3) is 0 Å². The molecule has 1 aromatic rings. The van der Waals surface area contributed by atoms with Gasteiger partial charge >= 0.3 is 5.97 Å². The molecule has 0 aliphatic carbocycles. The van der Waals surface area contributed by atoms with Crippen LogP contribution in [0.2, 0.25) is 0 Å². The molecule has 5 heteroatoms. The number of carboxylic acids is 1. The van der Waals surface area contributed by atoms with Crippen molar-refractivity contribution in [3.8, 4) is 0 Å². The second-order valence-corrected chi connectivity index (χ2v) is 4.73. The van der Waals surface area contributed by atoms with Gasteiger partial charge in [-0.15, -0.1) is 0 Å². The molecule has 0 radical (unpaired) electrons. The van der Waals surface area contributed by atoms with Crippen LogP contribution in [0.15, 0.2) is 17.6 Å². The third-order valence-electron chi connectivity index (χ3n) is 2.10. The molecule has 15 heavy (non-hydrogen) atoms. The van der Waals surface area contributed by atoms with Gasteiger partial charge in [0, 0.05) is 18.9 Å². The van der Waals surface area contributed by atoms with Gasteiger partial charge in [0.25, 0.3) is 0 Å². The summed E-state index contributed by atoms with van der Waals surface area (Å²) in [7, 11) is 0. The third kappa shape index (κ3) is 2.99. The van der Waals surface area contributed by atoms with Gasteiger partial charge in [0.1, 0.15) is 5.25 Å². The number of aryl methyl sites for hydroxylation is 1. The number of carboxylic acid groups (broad SMARTS) is 1. The largest absolute Gasteiger partial charge is 0.480 e. The van der Waals surface area contributed by atoms with Gasteiger partial charge in [-0.25, -0.2) is 4.98 Å².